The third-order valence-corrected chi connectivity index (χ3v) is 5.85. The summed E-state index contributed by atoms with van der Waals surface area (Å²) >= 11 is 7.45. The minimum atomic E-state index is -0.593. The number of carbonyl (C=O) groups is 1. The maximum absolute atomic E-state index is 12.9. The Morgan fingerprint density at radius 2 is 2.07 bits per heavy atom. The fourth-order valence-corrected chi connectivity index (χ4v) is 4.11. The lowest BCUT2D eigenvalue weighted by Crippen LogP contribution is -2.15. The molecule has 0 bridgehead atoms. The van der Waals surface area contributed by atoms with Gasteiger partial charge in [-0.2, -0.15) is 0 Å². The van der Waals surface area contributed by atoms with Crippen molar-refractivity contribution in [2.45, 2.75) is 38.8 Å². The molecule has 0 fully saturated rings. The lowest BCUT2D eigenvalue weighted by atomic mass is 10.0. The molecular weight excluding hydrogens is 424 g/mol. The largest absolute Gasteiger partial charge is 0.464 e. The Kier molecular flexibility index (Phi) is 6.73. The number of pyridine rings is 1. The van der Waals surface area contributed by atoms with E-state index >= 15 is 0 Å². The van der Waals surface area contributed by atoms with Gasteiger partial charge in [0.15, 0.2) is 16.2 Å². The number of hydrogen-bond donors (Lipinski definition) is 1. The van der Waals surface area contributed by atoms with Crippen molar-refractivity contribution in [1.82, 2.24) is 4.98 Å². The maximum Gasteiger partial charge on any atom is 0.358 e. The molecular formula is C22H23ClN2O4S. The molecule has 3 aromatic rings. The minimum absolute atomic E-state index is 0.0345. The van der Waals surface area contributed by atoms with Gasteiger partial charge in [-0.15, -0.1) is 0 Å². The number of esters is 1. The van der Waals surface area contributed by atoms with Crippen molar-refractivity contribution < 1.29 is 13.9 Å². The molecule has 1 N–H and O–H groups in total. The molecule has 2 heterocycles. The van der Waals surface area contributed by atoms with E-state index in [9.17, 15) is 9.59 Å². The molecule has 8 heteroatoms. The highest BCUT2D eigenvalue weighted by molar-refractivity contribution is 7.99. The topological polar surface area (TPSA) is 81.4 Å². The quantitative estimate of drug-likeness (QED) is 0.303. The number of benzene rings is 1. The van der Waals surface area contributed by atoms with Gasteiger partial charge in [-0.3, -0.25) is 4.79 Å². The Bertz CT molecular complexity index is 1180. The van der Waals surface area contributed by atoms with Gasteiger partial charge < -0.3 is 14.5 Å². The molecule has 0 amide bonds. The summed E-state index contributed by atoms with van der Waals surface area (Å²) in [7, 11) is 1.29. The van der Waals surface area contributed by atoms with E-state index in [1.54, 1.807) is 19.1 Å². The SMILES string of the molecule is CCSc1oc2c([C@@H](C)Nc3ccc(Cl)nc3C(=O)OC)cc(C)cc2c(=O)c1C. The lowest BCUT2D eigenvalue weighted by molar-refractivity contribution is 0.0595. The summed E-state index contributed by atoms with van der Waals surface area (Å²) in [4.78, 5) is 29.2. The third kappa shape index (κ3) is 4.32. The molecule has 0 saturated carbocycles. The number of fused-ring (bicyclic) bond motifs is 1. The first kappa shape index (κ1) is 22.2. The zero-order chi connectivity index (χ0) is 22.0. The molecule has 3 rings (SSSR count). The Labute approximate surface area is 184 Å². The Hall–Kier alpha value is -2.51. The third-order valence-electron chi connectivity index (χ3n) is 4.70. The highest BCUT2D eigenvalue weighted by Crippen LogP contribution is 2.32. The Morgan fingerprint density at radius 1 is 1.33 bits per heavy atom. The number of thioether (sulfide) groups is 1. The highest BCUT2D eigenvalue weighted by Gasteiger charge is 2.21. The molecule has 0 radical (unpaired) electrons. The summed E-state index contributed by atoms with van der Waals surface area (Å²) in [6, 6.07) is 6.80. The number of aryl methyl sites for hydroxylation is 1. The fraction of sp³-hybridized carbons (Fsp3) is 0.318. The van der Waals surface area contributed by atoms with Crippen LogP contribution >= 0.6 is 23.4 Å². The first-order chi connectivity index (χ1) is 14.3. The van der Waals surface area contributed by atoms with Gasteiger partial charge in [0.25, 0.3) is 0 Å². The predicted molar refractivity (Wildman–Crippen MR) is 121 cm³/mol. The second kappa shape index (κ2) is 9.10. The van der Waals surface area contributed by atoms with Gasteiger partial charge >= 0.3 is 5.97 Å². The molecule has 0 aliphatic rings. The Morgan fingerprint density at radius 3 is 2.73 bits per heavy atom. The van der Waals surface area contributed by atoms with E-state index in [0.29, 0.717) is 27.3 Å². The van der Waals surface area contributed by atoms with Crippen molar-refractivity contribution in [2.75, 3.05) is 18.2 Å². The first-order valence-electron chi connectivity index (χ1n) is 9.49. The second-order valence-electron chi connectivity index (χ2n) is 6.90. The van der Waals surface area contributed by atoms with Crippen molar-refractivity contribution in [3.05, 3.63) is 62.0 Å². The van der Waals surface area contributed by atoms with E-state index in [0.717, 1.165) is 16.9 Å². The van der Waals surface area contributed by atoms with Gasteiger partial charge in [-0.1, -0.05) is 36.4 Å². The van der Waals surface area contributed by atoms with Gasteiger partial charge in [0, 0.05) is 11.1 Å². The van der Waals surface area contributed by atoms with Gasteiger partial charge in [0.05, 0.1) is 24.2 Å². The monoisotopic (exact) mass is 446 g/mol. The molecule has 158 valence electrons. The molecule has 0 saturated heterocycles. The van der Waals surface area contributed by atoms with E-state index in [-0.39, 0.29) is 22.3 Å². The van der Waals surface area contributed by atoms with Gasteiger partial charge in [0.1, 0.15) is 10.7 Å². The van der Waals surface area contributed by atoms with Crippen molar-refractivity contribution in [2.24, 2.45) is 0 Å². The van der Waals surface area contributed by atoms with Crippen LogP contribution in [0.5, 0.6) is 0 Å². The van der Waals surface area contributed by atoms with Crippen LogP contribution in [0.4, 0.5) is 5.69 Å². The smallest absolute Gasteiger partial charge is 0.358 e. The zero-order valence-corrected chi connectivity index (χ0v) is 19.0. The number of ether oxygens (including phenoxy) is 1. The highest BCUT2D eigenvalue weighted by atomic mass is 35.5. The van der Waals surface area contributed by atoms with E-state index < -0.39 is 5.97 Å². The molecule has 0 unspecified atom stereocenters. The average molecular weight is 447 g/mol. The number of carbonyl (C=O) groups excluding carboxylic acids is 1. The number of aromatic nitrogens is 1. The molecule has 0 aliphatic heterocycles. The standard InChI is InChI=1S/C22H23ClN2O4S/c1-6-30-22-12(3)19(26)15-10-11(2)9-14(20(15)29-22)13(4)24-16-7-8-17(23)25-18(16)21(27)28-5/h7-10,13,24H,6H2,1-5H3/t13-/m1/s1. The maximum atomic E-state index is 12.9. The molecule has 30 heavy (non-hydrogen) atoms. The van der Waals surface area contributed by atoms with Crippen molar-refractivity contribution in [3.63, 3.8) is 0 Å². The van der Waals surface area contributed by atoms with E-state index in [2.05, 4.69) is 10.3 Å². The van der Waals surface area contributed by atoms with E-state index in [1.807, 2.05) is 32.9 Å². The average Bonchev–Trinajstić information content (AvgIpc) is 2.72. The van der Waals surface area contributed by atoms with Gasteiger partial charge in [0.2, 0.25) is 0 Å². The zero-order valence-electron chi connectivity index (χ0n) is 17.5. The minimum Gasteiger partial charge on any atom is -0.464 e. The fourth-order valence-electron chi connectivity index (χ4n) is 3.25. The summed E-state index contributed by atoms with van der Waals surface area (Å²) in [5.74, 6) is 0.202. The summed E-state index contributed by atoms with van der Waals surface area (Å²) in [5.41, 5.74) is 3.43. The molecule has 2 aromatic heterocycles. The van der Waals surface area contributed by atoms with E-state index in [1.165, 1.54) is 18.9 Å². The lowest BCUT2D eigenvalue weighted by Gasteiger charge is -2.19. The number of methoxy groups -OCH3 is 1. The number of nitrogens with zero attached hydrogens (tertiary/aromatic N) is 1. The molecule has 1 atom stereocenters. The van der Waals surface area contributed by atoms with Crippen LogP contribution in [0.2, 0.25) is 5.15 Å². The molecule has 0 aliphatic carbocycles. The van der Waals surface area contributed by atoms with Gasteiger partial charge in [-0.05, 0) is 50.3 Å². The summed E-state index contributed by atoms with van der Waals surface area (Å²) in [6.45, 7) is 7.66. The van der Waals surface area contributed by atoms with Crippen molar-refractivity contribution >= 4 is 46.0 Å². The predicted octanol–water partition coefficient (Wildman–Crippen LogP) is 5.53. The molecule has 6 nitrogen and oxygen atoms in total. The number of nitrogens with one attached hydrogen (secondary N) is 1. The van der Waals surface area contributed by atoms with Crippen LogP contribution in [0.3, 0.4) is 0 Å². The number of hydrogen-bond acceptors (Lipinski definition) is 7. The van der Waals surface area contributed by atoms with Crippen LogP contribution in [0, 0.1) is 13.8 Å². The second-order valence-corrected chi connectivity index (χ2v) is 8.52. The summed E-state index contributed by atoms with van der Waals surface area (Å²) < 4.78 is 11.0. The van der Waals surface area contributed by atoms with Crippen molar-refractivity contribution in [3.8, 4) is 0 Å². The number of anilines is 1. The van der Waals surface area contributed by atoms with E-state index in [4.69, 9.17) is 20.8 Å². The molecule has 1 aromatic carbocycles. The summed E-state index contributed by atoms with van der Waals surface area (Å²) in [6.07, 6.45) is 0. The number of rotatable bonds is 6. The van der Waals surface area contributed by atoms with Crippen LogP contribution in [0.1, 0.15) is 47.1 Å². The van der Waals surface area contributed by atoms with Crippen LogP contribution in [-0.2, 0) is 4.74 Å². The normalized spacial score (nSPS) is 12.1. The molecule has 0 spiro atoms. The van der Waals surface area contributed by atoms with Crippen LogP contribution in [0.25, 0.3) is 11.0 Å². The van der Waals surface area contributed by atoms with Crippen LogP contribution < -0.4 is 10.7 Å². The van der Waals surface area contributed by atoms with Gasteiger partial charge in [-0.25, -0.2) is 9.78 Å². The van der Waals surface area contributed by atoms with Crippen molar-refractivity contribution in [1.29, 1.82) is 0 Å². The summed E-state index contributed by atoms with van der Waals surface area (Å²) in [5, 5.41) is 4.64. The number of halogens is 1. The Balaban J connectivity index is 2.13. The first-order valence-corrected chi connectivity index (χ1v) is 10.8. The van der Waals surface area contributed by atoms with Crippen LogP contribution in [-0.4, -0.2) is 23.8 Å². The van der Waals surface area contributed by atoms with Crippen LogP contribution in [0.15, 0.2) is 38.6 Å².